The number of carbonyl (C=O) groups excluding carboxylic acids is 2. The monoisotopic (exact) mass is 407 g/mol. The lowest BCUT2D eigenvalue weighted by molar-refractivity contribution is -0.114. The molecule has 0 unspecified atom stereocenters. The van der Waals surface area contributed by atoms with Crippen molar-refractivity contribution in [2.45, 2.75) is 31.7 Å². The summed E-state index contributed by atoms with van der Waals surface area (Å²) in [5.41, 5.74) is 0.394. The van der Waals surface area contributed by atoms with Crippen molar-refractivity contribution in [1.29, 1.82) is 0 Å². The van der Waals surface area contributed by atoms with Gasteiger partial charge in [-0.25, -0.2) is 12.8 Å². The van der Waals surface area contributed by atoms with Gasteiger partial charge in [0.25, 0.3) is 5.91 Å². The predicted molar refractivity (Wildman–Crippen MR) is 105 cm³/mol. The first-order chi connectivity index (χ1) is 13.0. The number of anilines is 2. The molecule has 2 amide bonds. The molecule has 0 saturated carbocycles. The van der Waals surface area contributed by atoms with Gasteiger partial charge in [-0.1, -0.05) is 0 Å². The first-order valence-corrected chi connectivity index (χ1v) is 9.93. The zero-order valence-electron chi connectivity index (χ0n) is 16.0. The highest BCUT2D eigenvalue weighted by Gasteiger charge is 2.23. The molecule has 28 heavy (non-hydrogen) atoms. The standard InChI is InChI=1S/C19H22FN3O4S/c1-12(2)23(4)28(26,27)16-8-5-14(6-9-16)19(25)22-18-11-15(21-13(3)24)7-10-17(18)20/h5-12H,1-4H3,(H,21,24)(H,22,25). The van der Waals surface area contributed by atoms with Crippen LogP contribution in [0, 0.1) is 5.82 Å². The Labute approximate surface area is 163 Å². The van der Waals surface area contributed by atoms with E-state index >= 15 is 0 Å². The fraction of sp³-hybridized carbons (Fsp3) is 0.263. The van der Waals surface area contributed by atoms with E-state index in [1.54, 1.807) is 13.8 Å². The van der Waals surface area contributed by atoms with Crippen LogP contribution in [0.15, 0.2) is 47.4 Å². The molecule has 0 aliphatic rings. The SMILES string of the molecule is CC(=O)Nc1ccc(F)c(NC(=O)c2ccc(S(=O)(=O)N(C)C(C)C)cc2)c1. The predicted octanol–water partition coefficient (Wildman–Crippen LogP) is 3.07. The number of halogens is 1. The molecule has 0 atom stereocenters. The molecule has 0 bridgehead atoms. The Morgan fingerprint density at radius 2 is 1.64 bits per heavy atom. The van der Waals surface area contributed by atoms with Crippen LogP contribution < -0.4 is 10.6 Å². The molecule has 0 fully saturated rings. The lowest BCUT2D eigenvalue weighted by Crippen LogP contribution is -2.33. The van der Waals surface area contributed by atoms with Crippen molar-refractivity contribution in [3.05, 3.63) is 53.8 Å². The van der Waals surface area contributed by atoms with Crippen LogP contribution in [0.3, 0.4) is 0 Å². The van der Waals surface area contributed by atoms with Gasteiger partial charge >= 0.3 is 0 Å². The summed E-state index contributed by atoms with van der Waals surface area (Å²) in [6.07, 6.45) is 0. The molecule has 9 heteroatoms. The van der Waals surface area contributed by atoms with E-state index in [0.29, 0.717) is 5.69 Å². The van der Waals surface area contributed by atoms with E-state index in [9.17, 15) is 22.4 Å². The minimum absolute atomic E-state index is 0.0547. The number of hydrogen-bond acceptors (Lipinski definition) is 4. The molecule has 2 aromatic rings. The summed E-state index contributed by atoms with van der Waals surface area (Å²) in [5.74, 6) is -1.60. The van der Waals surface area contributed by atoms with E-state index < -0.39 is 21.7 Å². The summed E-state index contributed by atoms with van der Waals surface area (Å²) >= 11 is 0. The lowest BCUT2D eigenvalue weighted by Gasteiger charge is -2.21. The van der Waals surface area contributed by atoms with E-state index in [1.807, 2.05) is 0 Å². The van der Waals surface area contributed by atoms with Crippen LogP contribution in [-0.4, -0.2) is 37.6 Å². The second kappa shape index (κ2) is 8.49. The van der Waals surface area contributed by atoms with Crippen LogP contribution in [0.2, 0.25) is 0 Å². The van der Waals surface area contributed by atoms with Crippen LogP contribution in [0.25, 0.3) is 0 Å². The molecule has 0 aliphatic carbocycles. The van der Waals surface area contributed by atoms with Gasteiger partial charge in [-0.3, -0.25) is 9.59 Å². The van der Waals surface area contributed by atoms with E-state index in [1.165, 1.54) is 54.7 Å². The van der Waals surface area contributed by atoms with Crippen molar-refractivity contribution in [3.8, 4) is 0 Å². The second-order valence-corrected chi connectivity index (χ2v) is 8.47. The minimum atomic E-state index is -3.66. The van der Waals surface area contributed by atoms with Gasteiger partial charge in [-0.15, -0.1) is 0 Å². The van der Waals surface area contributed by atoms with Crippen LogP contribution in [0.1, 0.15) is 31.1 Å². The van der Waals surface area contributed by atoms with Crippen molar-refractivity contribution in [2.24, 2.45) is 0 Å². The largest absolute Gasteiger partial charge is 0.326 e. The number of benzene rings is 2. The van der Waals surface area contributed by atoms with Gasteiger partial charge in [0, 0.05) is 31.3 Å². The molecule has 2 rings (SSSR count). The van der Waals surface area contributed by atoms with E-state index in [-0.39, 0.29) is 28.1 Å². The van der Waals surface area contributed by atoms with Gasteiger partial charge in [0.1, 0.15) is 5.82 Å². The summed E-state index contributed by atoms with van der Waals surface area (Å²) in [4.78, 5) is 23.5. The van der Waals surface area contributed by atoms with Gasteiger partial charge in [-0.2, -0.15) is 4.31 Å². The summed E-state index contributed by atoms with van der Waals surface area (Å²) in [5, 5.41) is 4.92. The Hall–Kier alpha value is -2.78. The highest BCUT2D eigenvalue weighted by Crippen LogP contribution is 2.21. The number of nitrogens with zero attached hydrogens (tertiary/aromatic N) is 1. The third-order valence-corrected chi connectivity index (χ3v) is 6.10. The Kier molecular flexibility index (Phi) is 6.52. The van der Waals surface area contributed by atoms with Gasteiger partial charge in [0.15, 0.2) is 0 Å². The van der Waals surface area contributed by atoms with E-state index in [4.69, 9.17) is 0 Å². The van der Waals surface area contributed by atoms with Crippen LogP contribution in [0.4, 0.5) is 15.8 Å². The maximum atomic E-state index is 14.0. The van der Waals surface area contributed by atoms with Crippen LogP contribution in [-0.2, 0) is 14.8 Å². The number of sulfonamides is 1. The average molecular weight is 407 g/mol. The van der Waals surface area contributed by atoms with Crippen molar-refractivity contribution in [1.82, 2.24) is 4.31 Å². The maximum Gasteiger partial charge on any atom is 0.255 e. The molecule has 7 nitrogen and oxygen atoms in total. The molecular formula is C19H22FN3O4S. The molecule has 0 aromatic heterocycles. The minimum Gasteiger partial charge on any atom is -0.326 e. The van der Waals surface area contributed by atoms with E-state index in [2.05, 4.69) is 10.6 Å². The molecule has 2 aromatic carbocycles. The van der Waals surface area contributed by atoms with Crippen molar-refractivity contribution < 1.29 is 22.4 Å². The molecular weight excluding hydrogens is 385 g/mol. The Morgan fingerprint density at radius 3 is 2.18 bits per heavy atom. The van der Waals surface area contributed by atoms with Crippen molar-refractivity contribution in [3.63, 3.8) is 0 Å². The first-order valence-electron chi connectivity index (χ1n) is 8.49. The molecule has 0 radical (unpaired) electrons. The van der Waals surface area contributed by atoms with E-state index in [0.717, 1.165) is 6.07 Å². The summed E-state index contributed by atoms with van der Waals surface area (Å²) in [6, 6.07) is 8.94. The number of nitrogens with one attached hydrogen (secondary N) is 2. The number of amides is 2. The molecule has 150 valence electrons. The lowest BCUT2D eigenvalue weighted by atomic mass is 10.2. The van der Waals surface area contributed by atoms with Crippen molar-refractivity contribution in [2.75, 3.05) is 17.7 Å². The Morgan fingerprint density at radius 1 is 1.04 bits per heavy atom. The average Bonchev–Trinajstić information content (AvgIpc) is 2.63. The number of hydrogen-bond donors (Lipinski definition) is 2. The summed E-state index contributed by atoms with van der Waals surface area (Å²) in [7, 11) is -2.18. The second-order valence-electron chi connectivity index (χ2n) is 6.47. The zero-order valence-corrected chi connectivity index (χ0v) is 16.8. The third-order valence-electron chi connectivity index (χ3n) is 4.06. The highest BCUT2D eigenvalue weighted by molar-refractivity contribution is 7.89. The van der Waals surface area contributed by atoms with Crippen LogP contribution in [0.5, 0.6) is 0 Å². The first kappa shape index (κ1) is 21.5. The third kappa shape index (κ3) is 4.93. The molecule has 2 N–H and O–H groups in total. The van der Waals surface area contributed by atoms with Gasteiger partial charge in [0.05, 0.1) is 10.6 Å². The molecule has 0 heterocycles. The summed E-state index contributed by atoms with van der Waals surface area (Å²) in [6.45, 7) is 4.82. The van der Waals surface area contributed by atoms with Crippen LogP contribution >= 0.6 is 0 Å². The Balaban J connectivity index is 2.21. The summed E-state index contributed by atoms with van der Waals surface area (Å²) < 4.78 is 40.1. The van der Waals surface area contributed by atoms with Gasteiger partial charge in [0.2, 0.25) is 15.9 Å². The number of rotatable bonds is 6. The fourth-order valence-corrected chi connectivity index (χ4v) is 3.69. The smallest absolute Gasteiger partial charge is 0.255 e. The molecule has 0 aliphatic heterocycles. The molecule has 0 spiro atoms. The zero-order chi connectivity index (χ0) is 21.1. The quantitative estimate of drug-likeness (QED) is 0.769. The van der Waals surface area contributed by atoms with Crippen molar-refractivity contribution >= 4 is 33.2 Å². The number of carbonyl (C=O) groups is 2. The molecule has 0 saturated heterocycles. The highest BCUT2D eigenvalue weighted by atomic mass is 32.2. The normalized spacial score (nSPS) is 11.5. The topological polar surface area (TPSA) is 95.6 Å². The maximum absolute atomic E-state index is 14.0. The Bertz CT molecular complexity index is 989. The fourth-order valence-electron chi connectivity index (χ4n) is 2.32. The van der Waals surface area contributed by atoms with Gasteiger partial charge in [-0.05, 0) is 56.3 Å². The van der Waals surface area contributed by atoms with Gasteiger partial charge < -0.3 is 10.6 Å².